The van der Waals surface area contributed by atoms with Crippen molar-refractivity contribution >= 4 is 28.7 Å². The summed E-state index contributed by atoms with van der Waals surface area (Å²) in [7, 11) is 0.574. The summed E-state index contributed by atoms with van der Waals surface area (Å²) in [5.74, 6) is 1.45. The van der Waals surface area contributed by atoms with E-state index in [1.807, 2.05) is 0 Å². The molecule has 0 aliphatic carbocycles. The number of hydrogen-bond acceptors (Lipinski definition) is 1. The monoisotopic (exact) mass is 220 g/mol. The Morgan fingerprint density at radius 2 is 1.58 bits per heavy atom. The number of rotatable bonds is 7. The molecule has 0 fully saturated rings. The zero-order valence-corrected chi connectivity index (χ0v) is 13.0. The third-order valence-electron chi connectivity index (χ3n) is 2.84. The van der Waals surface area contributed by atoms with Gasteiger partial charge in [-0.1, -0.05) is 44.9 Å². The van der Waals surface area contributed by atoms with Crippen molar-refractivity contribution in [2.24, 2.45) is 0 Å². The second-order valence-electron chi connectivity index (χ2n) is 3.45. The molecule has 0 unspecified atom stereocenters. The fourth-order valence-electron chi connectivity index (χ4n) is 1.49. The normalized spacial score (nSPS) is 12.2. The Hall–Kier alpha value is 0.784. The first-order valence-corrected chi connectivity index (χ1v) is 11.1. The third kappa shape index (κ3) is 4.14. The van der Waals surface area contributed by atoms with E-state index in [2.05, 4.69) is 32.0 Å². The molecule has 0 aliphatic heterocycles. The maximum atomic E-state index is 2.40. The Morgan fingerprint density at radius 3 is 1.92 bits per heavy atom. The Labute approximate surface area is 86.0 Å². The molecule has 0 aromatic rings. The van der Waals surface area contributed by atoms with Crippen LogP contribution in [0.25, 0.3) is 0 Å². The van der Waals surface area contributed by atoms with Gasteiger partial charge in [-0.25, -0.2) is 0 Å². The minimum atomic E-state index is -0.823. The van der Waals surface area contributed by atoms with Crippen LogP contribution < -0.4 is 0 Å². The van der Waals surface area contributed by atoms with Crippen molar-refractivity contribution in [2.45, 2.75) is 51.4 Å². The van der Waals surface area contributed by atoms with Crippen LogP contribution in [0.4, 0.5) is 0 Å². The average Bonchev–Trinajstić information content (AvgIpc) is 2.14. The summed E-state index contributed by atoms with van der Waals surface area (Å²) in [4.78, 5) is 0. The summed E-state index contributed by atoms with van der Waals surface area (Å²) >= 11 is 2.35. The Morgan fingerprint density at radius 1 is 1.08 bits per heavy atom. The molecular weight excluding hydrogens is 196 g/mol. The van der Waals surface area contributed by atoms with Crippen LogP contribution in [0.15, 0.2) is 0 Å². The maximum Gasteiger partial charge on any atom is 0.116 e. The van der Waals surface area contributed by atoms with Crippen LogP contribution in [0.5, 0.6) is 0 Å². The van der Waals surface area contributed by atoms with Gasteiger partial charge in [-0.3, -0.25) is 0 Å². The minimum Gasteiger partial charge on any atom is -0.185 e. The zero-order valence-electron chi connectivity index (χ0n) is 9.15. The topological polar surface area (TPSA) is 0 Å². The summed E-state index contributed by atoms with van der Waals surface area (Å²) in [5, 5.41) is 0. The molecule has 0 N–H and O–H groups in total. The van der Waals surface area contributed by atoms with Gasteiger partial charge in [0.15, 0.2) is 0 Å². The summed E-state index contributed by atoms with van der Waals surface area (Å²) < 4.78 is 0. The first-order valence-electron chi connectivity index (χ1n) is 5.38. The van der Waals surface area contributed by atoms with Crippen LogP contribution in [0.2, 0.25) is 24.2 Å². The highest BCUT2D eigenvalue weighted by molar-refractivity contribution is 8.28. The summed E-state index contributed by atoms with van der Waals surface area (Å²) in [6.07, 6.45) is 1.48. The van der Waals surface area contributed by atoms with Crippen molar-refractivity contribution < 1.29 is 0 Å². The van der Waals surface area contributed by atoms with Gasteiger partial charge in [0.05, 0.1) is 0 Å². The molecule has 0 heterocycles. The fraction of sp³-hybridized carbons (Fsp3) is 1.00. The van der Waals surface area contributed by atoms with Gasteiger partial charge >= 0.3 is 0 Å². The highest BCUT2D eigenvalue weighted by atomic mass is 32.4. The SMILES string of the molecule is CC[Si](CC)(CC)SCCC[SiH3]. The molecule has 0 aromatic heterocycles. The quantitative estimate of drug-likeness (QED) is 0.470. The molecule has 74 valence electrons. The molecule has 0 rings (SSSR count). The highest BCUT2D eigenvalue weighted by Gasteiger charge is 2.26. The van der Waals surface area contributed by atoms with E-state index < -0.39 is 7.22 Å². The average molecular weight is 221 g/mol. The van der Waals surface area contributed by atoms with Crippen LogP contribution in [-0.2, 0) is 0 Å². The molecule has 0 atom stereocenters. The lowest BCUT2D eigenvalue weighted by Gasteiger charge is -2.26. The predicted molar refractivity (Wildman–Crippen MR) is 69.0 cm³/mol. The lowest BCUT2D eigenvalue weighted by atomic mass is 10.6. The van der Waals surface area contributed by atoms with E-state index in [1.54, 1.807) is 0 Å². The molecular formula is C9H24SSi2. The van der Waals surface area contributed by atoms with Crippen LogP contribution in [0.1, 0.15) is 27.2 Å². The van der Waals surface area contributed by atoms with Gasteiger partial charge in [0.25, 0.3) is 0 Å². The molecule has 0 radical (unpaired) electrons. The molecule has 0 aliphatic rings. The summed E-state index contributed by atoms with van der Waals surface area (Å²) in [6, 6.07) is 5.93. The van der Waals surface area contributed by atoms with Gasteiger partial charge < -0.3 is 0 Å². The molecule has 0 saturated carbocycles. The van der Waals surface area contributed by atoms with E-state index in [0.717, 1.165) is 0 Å². The van der Waals surface area contributed by atoms with Crippen LogP contribution in [0, 0.1) is 0 Å². The molecule has 3 heteroatoms. The van der Waals surface area contributed by atoms with Gasteiger partial charge in [0.2, 0.25) is 0 Å². The van der Waals surface area contributed by atoms with E-state index in [0.29, 0.717) is 0 Å². The second kappa shape index (κ2) is 7.21. The lowest BCUT2D eigenvalue weighted by Crippen LogP contribution is -2.27. The van der Waals surface area contributed by atoms with E-state index in [-0.39, 0.29) is 0 Å². The highest BCUT2D eigenvalue weighted by Crippen LogP contribution is 2.32. The van der Waals surface area contributed by atoms with Crippen molar-refractivity contribution in [3.05, 3.63) is 0 Å². The Bertz CT molecular complexity index is 94.4. The van der Waals surface area contributed by atoms with Crippen molar-refractivity contribution in [1.29, 1.82) is 0 Å². The molecule has 0 spiro atoms. The van der Waals surface area contributed by atoms with Gasteiger partial charge in [0, 0.05) is 10.2 Å². The van der Waals surface area contributed by atoms with E-state index in [9.17, 15) is 0 Å². The maximum absolute atomic E-state index is 2.40. The molecule has 0 aromatic carbocycles. The first kappa shape index (κ1) is 12.8. The smallest absolute Gasteiger partial charge is 0.116 e. The van der Waals surface area contributed by atoms with Crippen molar-refractivity contribution in [1.82, 2.24) is 0 Å². The van der Waals surface area contributed by atoms with Gasteiger partial charge in [-0.2, -0.15) is 11.2 Å². The van der Waals surface area contributed by atoms with Gasteiger partial charge in [-0.05, 0) is 12.2 Å². The van der Waals surface area contributed by atoms with Crippen LogP contribution in [0.3, 0.4) is 0 Å². The third-order valence-corrected chi connectivity index (χ3v) is 13.6. The Kier molecular flexibility index (Phi) is 7.68. The minimum absolute atomic E-state index is 0.823. The predicted octanol–water partition coefficient (Wildman–Crippen LogP) is 2.90. The van der Waals surface area contributed by atoms with Crippen LogP contribution >= 0.6 is 11.2 Å². The molecule has 0 nitrogen and oxygen atoms in total. The first-order chi connectivity index (χ1) is 5.74. The van der Waals surface area contributed by atoms with Crippen molar-refractivity contribution in [3.8, 4) is 0 Å². The van der Waals surface area contributed by atoms with Gasteiger partial charge in [-0.15, -0.1) is 0 Å². The van der Waals surface area contributed by atoms with Crippen LogP contribution in [-0.4, -0.2) is 23.2 Å². The lowest BCUT2D eigenvalue weighted by molar-refractivity contribution is 1.10. The largest absolute Gasteiger partial charge is 0.185 e. The molecule has 0 bridgehead atoms. The Balaban J connectivity index is 3.76. The van der Waals surface area contributed by atoms with E-state index in [4.69, 9.17) is 0 Å². The summed E-state index contributed by atoms with van der Waals surface area (Å²) in [6.45, 7) is 7.19. The molecule has 0 amide bonds. The standard InChI is InChI=1S/C9H24SSi2/c1-4-12(5-2,6-3)10-8-7-9-11/h4-9H2,1-3,11H3. The van der Waals surface area contributed by atoms with Gasteiger partial charge in [0.1, 0.15) is 7.22 Å². The summed E-state index contributed by atoms with van der Waals surface area (Å²) in [5.41, 5.74) is 0. The fourth-order valence-corrected chi connectivity index (χ4v) is 8.90. The van der Waals surface area contributed by atoms with Crippen molar-refractivity contribution in [2.75, 3.05) is 5.75 Å². The zero-order chi connectivity index (χ0) is 9.45. The molecule has 0 saturated heterocycles. The second-order valence-corrected chi connectivity index (χ2v) is 13.1. The van der Waals surface area contributed by atoms with E-state index >= 15 is 0 Å². The number of hydrogen-bond donors (Lipinski definition) is 0. The molecule has 12 heavy (non-hydrogen) atoms. The van der Waals surface area contributed by atoms with E-state index in [1.165, 1.54) is 46.6 Å². The van der Waals surface area contributed by atoms with Crippen molar-refractivity contribution in [3.63, 3.8) is 0 Å².